The van der Waals surface area contributed by atoms with E-state index < -0.39 is 67.3 Å². The minimum Gasteiger partial charge on any atom is -0.504 e. The third kappa shape index (κ3) is 5.02. The van der Waals surface area contributed by atoms with E-state index in [9.17, 15) is 40.5 Å². The maximum Gasteiger partial charge on any atom is 0.229 e. The zero-order valence-electron chi connectivity index (χ0n) is 20.5. The molecule has 3 aromatic rings. The third-order valence-electron chi connectivity index (χ3n) is 6.74. The first kappa shape index (κ1) is 27.5. The van der Waals surface area contributed by atoms with Gasteiger partial charge in [0.25, 0.3) is 0 Å². The minimum atomic E-state index is -1.78. The summed E-state index contributed by atoms with van der Waals surface area (Å²) in [5, 5.41) is 71.1. The van der Waals surface area contributed by atoms with E-state index in [-0.39, 0.29) is 45.8 Å². The summed E-state index contributed by atoms with van der Waals surface area (Å²) in [6, 6.07) is 7.02. The molecule has 0 unspecified atom stereocenters. The second-order valence-corrected chi connectivity index (χ2v) is 9.30. The number of aliphatic hydroxyl groups is 6. The number of para-hydroxylation sites is 1. The average Bonchev–Trinajstić information content (AvgIpc) is 2.92. The third-order valence-corrected chi connectivity index (χ3v) is 6.74. The predicted octanol–water partition coefficient (Wildman–Crippen LogP) is -1.70. The molecule has 2 aromatic carbocycles. The highest BCUT2D eigenvalue weighted by atomic mass is 16.7. The number of phenols is 1. The summed E-state index contributed by atoms with van der Waals surface area (Å²) in [4.78, 5) is 13.3. The van der Waals surface area contributed by atoms with Gasteiger partial charge in [0, 0.05) is 12.1 Å². The molecule has 2 aliphatic heterocycles. The van der Waals surface area contributed by atoms with Crippen molar-refractivity contribution in [3.63, 3.8) is 0 Å². The second-order valence-electron chi connectivity index (χ2n) is 9.30. The number of fused-ring (bicyclic) bond motifs is 2. The number of phenolic OH excluding ortho intramolecular Hbond substituents is 1. The van der Waals surface area contributed by atoms with Gasteiger partial charge in [-0.2, -0.15) is 0 Å². The van der Waals surface area contributed by atoms with Crippen LogP contribution in [0.3, 0.4) is 0 Å². The highest BCUT2D eigenvalue weighted by Gasteiger charge is 2.46. The number of methoxy groups -OCH3 is 1. The van der Waals surface area contributed by atoms with E-state index in [1.165, 1.54) is 37.4 Å². The van der Waals surface area contributed by atoms with E-state index in [2.05, 4.69) is 0 Å². The Morgan fingerprint density at radius 1 is 0.949 bits per heavy atom. The zero-order valence-corrected chi connectivity index (χ0v) is 20.5. The maximum atomic E-state index is 13.3. The van der Waals surface area contributed by atoms with Crippen LogP contribution in [0.25, 0.3) is 21.9 Å². The first-order valence-electron chi connectivity index (χ1n) is 12.0. The maximum absolute atomic E-state index is 13.3. The van der Waals surface area contributed by atoms with E-state index >= 15 is 0 Å². The molecule has 7 N–H and O–H groups in total. The van der Waals surface area contributed by atoms with Crippen molar-refractivity contribution in [2.75, 3.05) is 20.3 Å². The summed E-state index contributed by atoms with van der Waals surface area (Å²) < 4.78 is 33.1. The van der Waals surface area contributed by atoms with Gasteiger partial charge >= 0.3 is 0 Å². The molecular formula is C25H28O14. The molecule has 5 rings (SSSR count). The molecule has 9 atom stereocenters. The number of hydrogen-bond acceptors (Lipinski definition) is 14. The van der Waals surface area contributed by atoms with Crippen LogP contribution < -0.4 is 14.9 Å². The van der Waals surface area contributed by atoms with E-state index in [4.69, 9.17) is 28.1 Å². The van der Waals surface area contributed by atoms with Gasteiger partial charge in [0.1, 0.15) is 65.2 Å². The SMILES string of the molecule is COc1cc(O[C@@H]2O[C@H](CO[C@@H]3OC[C@@H](O)[C@H](O)[C@H]3O)[C@@H](O)[C@H](O)[C@H]2O)c2c(=O)c3cccc(O)c3oc2c1. The fourth-order valence-electron chi connectivity index (χ4n) is 4.53. The van der Waals surface area contributed by atoms with E-state index in [1.807, 2.05) is 0 Å². The van der Waals surface area contributed by atoms with Crippen molar-refractivity contribution in [1.29, 1.82) is 0 Å². The summed E-state index contributed by atoms with van der Waals surface area (Å²) in [7, 11) is 1.36. The molecule has 212 valence electrons. The Hall–Kier alpha value is -3.05. The van der Waals surface area contributed by atoms with Crippen molar-refractivity contribution in [1.82, 2.24) is 0 Å². The lowest BCUT2D eigenvalue weighted by atomic mass is 9.99. The fraction of sp³-hybridized carbons (Fsp3) is 0.480. The van der Waals surface area contributed by atoms with Gasteiger partial charge in [-0.25, -0.2) is 0 Å². The predicted molar refractivity (Wildman–Crippen MR) is 129 cm³/mol. The Morgan fingerprint density at radius 3 is 2.44 bits per heavy atom. The Bertz CT molecular complexity index is 1390. The molecule has 14 nitrogen and oxygen atoms in total. The first-order valence-corrected chi connectivity index (χ1v) is 12.0. The van der Waals surface area contributed by atoms with Crippen LogP contribution >= 0.6 is 0 Å². The highest BCUT2D eigenvalue weighted by molar-refractivity contribution is 5.95. The molecule has 2 saturated heterocycles. The van der Waals surface area contributed by atoms with Gasteiger partial charge in [-0.15, -0.1) is 0 Å². The van der Waals surface area contributed by atoms with Crippen molar-refractivity contribution in [2.45, 2.75) is 55.3 Å². The van der Waals surface area contributed by atoms with Crippen LogP contribution in [0.2, 0.25) is 0 Å². The smallest absolute Gasteiger partial charge is 0.229 e. The number of rotatable bonds is 6. The van der Waals surface area contributed by atoms with Crippen molar-refractivity contribution in [2.24, 2.45) is 0 Å². The normalized spacial score (nSPS) is 33.4. The minimum absolute atomic E-state index is 0.00158. The summed E-state index contributed by atoms with van der Waals surface area (Å²) >= 11 is 0. The molecule has 2 fully saturated rings. The van der Waals surface area contributed by atoms with E-state index in [0.717, 1.165) is 0 Å². The van der Waals surface area contributed by atoms with Crippen molar-refractivity contribution >= 4 is 21.9 Å². The van der Waals surface area contributed by atoms with E-state index in [0.29, 0.717) is 0 Å². The summed E-state index contributed by atoms with van der Waals surface area (Å²) in [5.41, 5.74) is -0.614. The topological polar surface area (TPSA) is 218 Å². The largest absolute Gasteiger partial charge is 0.504 e. The quantitative estimate of drug-likeness (QED) is 0.170. The monoisotopic (exact) mass is 552 g/mol. The molecule has 1 aromatic heterocycles. The molecule has 39 heavy (non-hydrogen) atoms. The van der Waals surface area contributed by atoms with Gasteiger partial charge in [-0.1, -0.05) is 6.07 Å². The number of benzene rings is 2. The Balaban J connectivity index is 1.43. The zero-order chi connectivity index (χ0) is 28.0. The molecule has 0 radical (unpaired) electrons. The van der Waals surface area contributed by atoms with Crippen LogP contribution in [-0.2, 0) is 14.2 Å². The lowest BCUT2D eigenvalue weighted by molar-refractivity contribution is -0.307. The molecule has 0 amide bonds. The van der Waals surface area contributed by atoms with Crippen LogP contribution in [0.15, 0.2) is 39.5 Å². The average molecular weight is 552 g/mol. The summed E-state index contributed by atoms with van der Waals surface area (Å²) in [6.45, 7) is -0.803. The molecule has 0 bridgehead atoms. The summed E-state index contributed by atoms with van der Waals surface area (Å²) in [5.74, 6) is -0.193. The van der Waals surface area contributed by atoms with Crippen molar-refractivity contribution in [3.8, 4) is 17.2 Å². The van der Waals surface area contributed by atoms with Crippen molar-refractivity contribution in [3.05, 3.63) is 40.6 Å². The van der Waals surface area contributed by atoms with Crippen LogP contribution in [0.4, 0.5) is 0 Å². The van der Waals surface area contributed by atoms with Gasteiger partial charge in [0.05, 0.1) is 25.7 Å². The van der Waals surface area contributed by atoms with Crippen LogP contribution in [-0.4, -0.2) is 111 Å². The second kappa shape index (κ2) is 10.8. The van der Waals surface area contributed by atoms with Gasteiger partial charge < -0.3 is 63.8 Å². The lowest BCUT2D eigenvalue weighted by Crippen LogP contribution is -2.61. The first-order chi connectivity index (χ1) is 18.6. The summed E-state index contributed by atoms with van der Waals surface area (Å²) in [6.07, 6.45) is -14.0. The highest BCUT2D eigenvalue weighted by Crippen LogP contribution is 2.35. The van der Waals surface area contributed by atoms with Gasteiger partial charge in [0.15, 0.2) is 17.6 Å². The number of aliphatic hydroxyl groups excluding tert-OH is 6. The molecule has 0 aliphatic carbocycles. The Labute approximate surface area is 219 Å². The van der Waals surface area contributed by atoms with Crippen LogP contribution in [0.1, 0.15) is 0 Å². The Morgan fingerprint density at radius 2 is 1.69 bits per heavy atom. The van der Waals surface area contributed by atoms with Gasteiger partial charge in [-0.05, 0) is 12.1 Å². The van der Waals surface area contributed by atoms with Crippen LogP contribution in [0.5, 0.6) is 17.2 Å². The molecule has 2 aliphatic rings. The van der Waals surface area contributed by atoms with E-state index in [1.54, 1.807) is 0 Å². The molecule has 3 heterocycles. The molecular weight excluding hydrogens is 524 g/mol. The standard InChI is InChI=1S/C25H28O14/c1-34-9-5-13-16(17(28)10-3-2-4-11(26)23(10)37-13)14(6-9)38-25-22(33)20(31)19(30)15(39-25)8-36-24-21(32)18(29)12(27)7-35-24/h2-6,12,15,18-22,24-27,29-33H,7-8H2,1H3/t12-,15-,18+,19-,20+,21-,22-,24+,25-/m1/s1. The Kier molecular flexibility index (Phi) is 7.65. The number of ether oxygens (including phenoxy) is 5. The fourth-order valence-corrected chi connectivity index (χ4v) is 4.53. The lowest BCUT2D eigenvalue weighted by Gasteiger charge is -2.41. The van der Waals surface area contributed by atoms with Crippen LogP contribution in [0, 0.1) is 0 Å². The molecule has 0 spiro atoms. The molecule has 14 heteroatoms. The number of aromatic hydroxyl groups is 1. The number of hydrogen-bond donors (Lipinski definition) is 7. The van der Waals surface area contributed by atoms with Gasteiger partial charge in [0.2, 0.25) is 11.7 Å². The molecule has 0 saturated carbocycles. The van der Waals surface area contributed by atoms with Gasteiger partial charge in [-0.3, -0.25) is 4.79 Å². The van der Waals surface area contributed by atoms with Crippen molar-refractivity contribution < 1.29 is 63.8 Å².